The maximum absolute atomic E-state index is 12.4. The van der Waals surface area contributed by atoms with E-state index in [9.17, 15) is 13.2 Å². The molecule has 0 aliphatic heterocycles. The zero-order chi connectivity index (χ0) is 13.3. The van der Waals surface area contributed by atoms with E-state index in [0.717, 1.165) is 9.47 Å². The predicted molar refractivity (Wildman–Crippen MR) is 51.9 cm³/mol. The molecule has 96 valence electrons. The van der Waals surface area contributed by atoms with Crippen LogP contribution in [0.5, 0.6) is 0 Å². The van der Waals surface area contributed by atoms with Crippen molar-refractivity contribution in [2.75, 3.05) is 0 Å². The molecule has 0 saturated heterocycles. The van der Waals surface area contributed by atoms with Gasteiger partial charge in [0.1, 0.15) is 0 Å². The topological polar surface area (TPSA) is 86.7 Å². The molecule has 2 rings (SSSR count). The molecular weight excluding hydrogens is 253 g/mol. The van der Waals surface area contributed by atoms with Crippen LogP contribution in [0.3, 0.4) is 0 Å². The molecule has 8 nitrogen and oxygen atoms in total. The highest BCUT2D eigenvalue weighted by Gasteiger charge is 2.35. The van der Waals surface area contributed by atoms with Gasteiger partial charge in [0.05, 0.1) is 6.20 Å². The van der Waals surface area contributed by atoms with Gasteiger partial charge in [0.2, 0.25) is 0 Å². The number of hydrogen-bond donors (Lipinski definition) is 0. The first-order valence-electron chi connectivity index (χ1n) is 4.68. The van der Waals surface area contributed by atoms with Crippen molar-refractivity contribution in [3.05, 3.63) is 11.9 Å². The number of tetrazole rings is 1. The molecular formula is C7H7F3N8. The standard InChI is InChI=1S/C7H7F3N8/c1-4(2)13-18-6(12-14-16-18)17-3-5(11-15-17)7(8,9)10/h3H,1-2H3. The van der Waals surface area contributed by atoms with Gasteiger partial charge in [-0.15, -0.1) is 5.10 Å². The molecule has 0 aliphatic carbocycles. The molecule has 2 aromatic heterocycles. The van der Waals surface area contributed by atoms with Gasteiger partial charge in [0.25, 0.3) is 5.95 Å². The molecule has 0 amide bonds. The maximum Gasteiger partial charge on any atom is 0.436 e. The second kappa shape index (κ2) is 4.16. The summed E-state index contributed by atoms with van der Waals surface area (Å²) in [5, 5.41) is 20.5. The van der Waals surface area contributed by atoms with Gasteiger partial charge in [-0.3, -0.25) is 0 Å². The van der Waals surface area contributed by atoms with Crippen molar-refractivity contribution in [2.24, 2.45) is 5.10 Å². The lowest BCUT2D eigenvalue weighted by Crippen LogP contribution is -2.07. The van der Waals surface area contributed by atoms with Gasteiger partial charge in [-0.1, -0.05) is 15.1 Å². The first-order valence-corrected chi connectivity index (χ1v) is 4.68. The fraction of sp³-hybridized carbons (Fsp3) is 0.429. The summed E-state index contributed by atoms with van der Waals surface area (Å²) in [5.74, 6) is -0.0841. The van der Waals surface area contributed by atoms with Crippen LogP contribution in [0.2, 0.25) is 0 Å². The maximum atomic E-state index is 12.4. The summed E-state index contributed by atoms with van der Waals surface area (Å²) in [7, 11) is 0. The van der Waals surface area contributed by atoms with Crippen molar-refractivity contribution in [1.82, 2.24) is 35.3 Å². The molecule has 11 heteroatoms. The van der Waals surface area contributed by atoms with E-state index < -0.39 is 11.9 Å². The van der Waals surface area contributed by atoms with Crippen LogP contribution in [-0.4, -0.2) is 41.0 Å². The first kappa shape index (κ1) is 12.1. The van der Waals surface area contributed by atoms with Crippen molar-refractivity contribution in [2.45, 2.75) is 20.0 Å². The van der Waals surface area contributed by atoms with Crippen LogP contribution >= 0.6 is 0 Å². The fourth-order valence-corrected chi connectivity index (χ4v) is 1.06. The summed E-state index contributed by atoms with van der Waals surface area (Å²) in [6, 6.07) is 0. The van der Waals surface area contributed by atoms with Crippen molar-refractivity contribution in [1.29, 1.82) is 0 Å². The van der Waals surface area contributed by atoms with Crippen LogP contribution in [0.25, 0.3) is 5.95 Å². The Morgan fingerprint density at radius 1 is 1.22 bits per heavy atom. The van der Waals surface area contributed by atoms with E-state index in [4.69, 9.17) is 0 Å². The van der Waals surface area contributed by atoms with Gasteiger partial charge in [0, 0.05) is 5.71 Å². The third kappa shape index (κ3) is 2.33. The van der Waals surface area contributed by atoms with E-state index >= 15 is 0 Å². The lowest BCUT2D eigenvalue weighted by Gasteiger charge is -1.99. The molecule has 0 saturated carbocycles. The first-order chi connectivity index (χ1) is 8.38. The molecule has 0 spiro atoms. The van der Waals surface area contributed by atoms with Crippen molar-refractivity contribution >= 4 is 5.71 Å². The number of hydrogen-bond acceptors (Lipinski definition) is 6. The van der Waals surface area contributed by atoms with Crippen LogP contribution < -0.4 is 0 Å². The van der Waals surface area contributed by atoms with Crippen molar-refractivity contribution in [3.63, 3.8) is 0 Å². The minimum atomic E-state index is -4.57. The summed E-state index contributed by atoms with van der Waals surface area (Å²) in [6.07, 6.45) is -3.89. The van der Waals surface area contributed by atoms with Gasteiger partial charge in [-0.05, 0) is 24.3 Å². The highest BCUT2D eigenvalue weighted by Crippen LogP contribution is 2.26. The monoisotopic (exact) mass is 260 g/mol. The van der Waals surface area contributed by atoms with Crippen molar-refractivity contribution < 1.29 is 13.2 Å². The second-order valence-electron chi connectivity index (χ2n) is 3.46. The van der Waals surface area contributed by atoms with Gasteiger partial charge in [0.15, 0.2) is 5.69 Å². The minimum Gasteiger partial charge on any atom is -0.182 e. The molecule has 0 aliphatic rings. The Kier molecular flexibility index (Phi) is 2.80. The summed E-state index contributed by atoms with van der Waals surface area (Å²) < 4.78 is 37.9. The third-order valence-corrected chi connectivity index (χ3v) is 1.72. The Morgan fingerprint density at radius 3 is 2.50 bits per heavy atom. The van der Waals surface area contributed by atoms with Crippen LogP contribution in [-0.2, 0) is 6.18 Å². The highest BCUT2D eigenvalue weighted by atomic mass is 19.4. The van der Waals surface area contributed by atoms with E-state index in [-0.39, 0.29) is 5.95 Å². The van der Waals surface area contributed by atoms with E-state index in [1.165, 1.54) is 0 Å². The predicted octanol–water partition coefficient (Wildman–Crippen LogP) is 0.516. The molecule has 0 fully saturated rings. The van der Waals surface area contributed by atoms with E-state index in [2.05, 4.69) is 30.9 Å². The number of rotatable bonds is 2. The van der Waals surface area contributed by atoms with E-state index in [0.29, 0.717) is 11.9 Å². The zero-order valence-corrected chi connectivity index (χ0v) is 9.29. The summed E-state index contributed by atoms with van der Waals surface area (Å²) in [5.41, 5.74) is -0.506. The van der Waals surface area contributed by atoms with E-state index in [1.54, 1.807) is 13.8 Å². The molecule has 0 radical (unpaired) electrons. The SMILES string of the molecule is CC(C)=Nn1nnnc1-n1cc(C(F)(F)F)nn1. The van der Waals surface area contributed by atoms with Crippen LogP contribution in [0.4, 0.5) is 13.2 Å². The van der Waals surface area contributed by atoms with Gasteiger partial charge >= 0.3 is 6.18 Å². The molecule has 0 N–H and O–H groups in total. The average Bonchev–Trinajstić information content (AvgIpc) is 2.81. The summed E-state index contributed by atoms with van der Waals surface area (Å²) in [6.45, 7) is 3.38. The molecule has 2 heterocycles. The van der Waals surface area contributed by atoms with Gasteiger partial charge in [-0.25, -0.2) is 0 Å². The van der Waals surface area contributed by atoms with Crippen LogP contribution in [0.15, 0.2) is 11.3 Å². The van der Waals surface area contributed by atoms with E-state index in [1.807, 2.05) is 0 Å². The normalized spacial score (nSPS) is 11.6. The Morgan fingerprint density at radius 2 is 1.94 bits per heavy atom. The van der Waals surface area contributed by atoms with Crippen LogP contribution in [0.1, 0.15) is 19.5 Å². The minimum absolute atomic E-state index is 0.0841. The Bertz CT molecular complexity index is 576. The molecule has 0 atom stereocenters. The average molecular weight is 260 g/mol. The number of nitrogens with zero attached hydrogens (tertiary/aromatic N) is 8. The highest BCUT2D eigenvalue weighted by molar-refractivity contribution is 5.78. The Hall–Kier alpha value is -2.33. The number of aromatic nitrogens is 7. The molecule has 2 aromatic rings. The number of halogens is 3. The van der Waals surface area contributed by atoms with Gasteiger partial charge < -0.3 is 0 Å². The second-order valence-corrected chi connectivity index (χ2v) is 3.46. The largest absolute Gasteiger partial charge is 0.436 e. The van der Waals surface area contributed by atoms with Gasteiger partial charge in [-0.2, -0.15) is 23.0 Å². The summed E-state index contributed by atoms with van der Waals surface area (Å²) in [4.78, 5) is 0.962. The quantitative estimate of drug-likeness (QED) is 0.734. The lowest BCUT2D eigenvalue weighted by molar-refractivity contribution is -0.141. The lowest BCUT2D eigenvalue weighted by atomic mass is 10.5. The molecule has 0 unspecified atom stereocenters. The zero-order valence-electron chi connectivity index (χ0n) is 9.29. The molecule has 18 heavy (non-hydrogen) atoms. The van der Waals surface area contributed by atoms with Crippen molar-refractivity contribution in [3.8, 4) is 5.95 Å². The third-order valence-electron chi connectivity index (χ3n) is 1.72. The Labute approximate surface area is 98.1 Å². The Balaban J connectivity index is 2.41. The fourth-order valence-electron chi connectivity index (χ4n) is 1.06. The van der Waals surface area contributed by atoms with Crippen LogP contribution in [0, 0.1) is 0 Å². The summed E-state index contributed by atoms with van der Waals surface area (Å²) >= 11 is 0. The molecule has 0 aromatic carbocycles. The number of alkyl halides is 3. The molecule has 0 bridgehead atoms. The smallest absolute Gasteiger partial charge is 0.182 e.